The average molecular weight is 254 g/mol. The first-order valence-corrected chi connectivity index (χ1v) is 5.91. The van der Waals surface area contributed by atoms with Crippen LogP contribution in [0.25, 0.3) is 0 Å². The summed E-state index contributed by atoms with van der Waals surface area (Å²) in [4.78, 5) is 13.5. The molecule has 0 aliphatic rings. The molecule has 0 saturated heterocycles. The number of aliphatic hydroxyl groups is 1. The molecule has 18 heavy (non-hydrogen) atoms. The van der Waals surface area contributed by atoms with Gasteiger partial charge < -0.3 is 15.3 Å². The lowest BCUT2D eigenvalue weighted by molar-refractivity contribution is 0.125. The van der Waals surface area contributed by atoms with E-state index >= 15 is 0 Å². The monoisotopic (exact) mass is 254 g/mol. The van der Waals surface area contributed by atoms with Crippen molar-refractivity contribution in [1.82, 2.24) is 4.90 Å². The molecule has 5 heteroatoms. The molecule has 0 spiro atoms. The summed E-state index contributed by atoms with van der Waals surface area (Å²) in [7, 11) is 0. The van der Waals surface area contributed by atoms with Crippen molar-refractivity contribution in [3.05, 3.63) is 30.1 Å². The van der Waals surface area contributed by atoms with Gasteiger partial charge in [0, 0.05) is 18.3 Å². The molecule has 2 N–H and O–H groups in total. The molecule has 1 atom stereocenters. The molecular formula is C13H19FN2O2. The first-order chi connectivity index (χ1) is 8.40. The maximum absolute atomic E-state index is 13.0. The Labute approximate surface area is 106 Å². The Hall–Kier alpha value is -1.62. The summed E-state index contributed by atoms with van der Waals surface area (Å²) < 4.78 is 13.0. The zero-order valence-electron chi connectivity index (χ0n) is 10.9. The number of hydrogen-bond acceptors (Lipinski definition) is 2. The van der Waals surface area contributed by atoms with Gasteiger partial charge in [-0.3, -0.25) is 0 Å². The molecule has 0 radical (unpaired) electrons. The number of hydrogen-bond donors (Lipinski definition) is 2. The number of rotatable bonds is 4. The Kier molecular flexibility index (Phi) is 5.09. The molecule has 0 aromatic heterocycles. The van der Waals surface area contributed by atoms with Crippen LogP contribution in [0.4, 0.5) is 14.9 Å². The molecule has 100 valence electrons. The smallest absolute Gasteiger partial charge is 0.322 e. The molecule has 2 amide bonds. The van der Waals surface area contributed by atoms with Crippen molar-refractivity contribution in [2.75, 3.05) is 11.9 Å². The summed E-state index contributed by atoms with van der Waals surface area (Å²) in [5.41, 5.74) is 0.399. The van der Waals surface area contributed by atoms with E-state index in [1.807, 2.05) is 13.8 Å². The highest BCUT2D eigenvalue weighted by atomic mass is 19.1. The Balaban J connectivity index is 2.72. The van der Waals surface area contributed by atoms with E-state index in [1.54, 1.807) is 13.0 Å². The van der Waals surface area contributed by atoms with Crippen molar-refractivity contribution in [1.29, 1.82) is 0 Å². The normalized spacial score (nSPS) is 12.3. The van der Waals surface area contributed by atoms with Crippen LogP contribution in [0.15, 0.2) is 24.3 Å². The van der Waals surface area contributed by atoms with Gasteiger partial charge in [0.1, 0.15) is 5.82 Å². The fourth-order valence-corrected chi connectivity index (χ4v) is 1.57. The van der Waals surface area contributed by atoms with Crippen LogP contribution in [0.3, 0.4) is 0 Å². The third-order valence-corrected chi connectivity index (χ3v) is 2.42. The quantitative estimate of drug-likeness (QED) is 0.867. The van der Waals surface area contributed by atoms with Gasteiger partial charge in [0.2, 0.25) is 0 Å². The second kappa shape index (κ2) is 6.35. The van der Waals surface area contributed by atoms with Crippen LogP contribution in [-0.4, -0.2) is 34.7 Å². The van der Waals surface area contributed by atoms with Gasteiger partial charge in [-0.25, -0.2) is 9.18 Å². The summed E-state index contributed by atoms with van der Waals surface area (Å²) in [5.74, 6) is -0.403. The van der Waals surface area contributed by atoms with Crippen LogP contribution < -0.4 is 5.32 Å². The van der Waals surface area contributed by atoms with Crippen molar-refractivity contribution in [2.24, 2.45) is 0 Å². The van der Waals surface area contributed by atoms with Crippen LogP contribution in [0, 0.1) is 5.82 Å². The number of halogens is 1. The lowest BCUT2D eigenvalue weighted by Gasteiger charge is -2.28. The second-order valence-electron chi connectivity index (χ2n) is 4.54. The number of amides is 2. The highest BCUT2D eigenvalue weighted by Crippen LogP contribution is 2.11. The second-order valence-corrected chi connectivity index (χ2v) is 4.54. The third-order valence-electron chi connectivity index (χ3n) is 2.42. The van der Waals surface area contributed by atoms with E-state index in [1.165, 1.54) is 23.1 Å². The number of nitrogens with zero attached hydrogens (tertiary/aromatic N) is 1. The maximum atomic E-state index is 13.0. The number of aliphatic hydroxyl groups excluding tert-OH is 1. The van der Waals surface area contributed by atoms with E-state index in [9.17, 15) is 14.3 Å². The number of benzene rings is 1. The predicted octanol–water partition coefficient (Wildman–Crippen LogP) is 2.45. The highest BCUT2D eigenvalue weighted by Gasteiger charge is 2.18. The molecule has 1 aromatic carbocycles. The molecule has 1 unspecified atom stereocenters. The molecule has 1 rings (SSSR count). The number of anilines is 1. The minimum absolute atomic E-state index is 0.0480. The lowest BCUT2D eigenvalue weighted by atomic mass is 10.2. The van der Waals surface area contributed by atoms with E-state index < -0.39 is 11.9 Å². The van der Waals surface area contributed by atoms with Gasteiger partial charge in [-0.05, 0) is 39.0 Å². The third kappa shape index (κ3) is 4.33. The Bertz CT molecular complexity index is 408. The largest absolute Gasteiger partial charge is 0.392 e. The van der Waals surface area contributed by atoms with Gasteiger partial charge in [0.25, 0.3) is 0 Å². The van der Waals surface area contributed by atoms with Gasteiger partial charge in [0.05, 0.1) is 6.10 Å². The van der Waals surface area contributed by atoms with E-state index in [-0.39, 0.29) is 18.6 Å². The summed E-state index contributed by atoms with van der Waals surface area (Å²) in [6.45, 7) is 5.56. The Morgan fingerprint density at radius 3 is 2.61 bits per heavy atom. The van der Waals surface area contributed by atoms with E-state index in [4.69, 9.17) is 0 Å². The van der Waals surface area contributed by atoms with Gasteiger partial charge >= 0.3 is 6.03 Å². The van der Waals surface area contributed by atoms with E-state index in [0.717, 1.165) is 0 Å². The zero-order chi connectivity index (χ0) is 13.7. The topological polar surface area (TPSA) is 52.6 Å². The van der Waals surface area contributed by atoms with Crippen molar-refractivity contribution in [3.63, 3.8) is 0 Å². The summed E-state index contributed by atoms with van der Waals surface area (Å²) in [6, 6.07) is 5.30. The van der Waals surface area contributed by atoms with Crippen LogP contribution in [0.2, 0.25) is 0 Å². The summed E-state index contributed by atoms with van der Waals surface area (Å²) >= 11 is 0. The van der Waals surface area contributed by atoms with Crippen molar-refractivity contribution < 1.29 is 14.3 Å². The Morgan fingerprint density at radius 2 is 2.11 bits per heavy atom. The van der Waals surface area contributed by atoms with Crippen LogP contribution in [0.1, 0.15) is 20.8 Å². The first kappa shape index (κ1) is 14.4. The average Bonchev–Trinajstić information content (AvgIpc) is 2.25. The summed E-state index contributed by atoms with van der Waals surface area (Å²) in [6.07, 6.45) is -0.606. The molecular weight excluding hydrogens is 235 g/mol. The standard InChI is InChI=1S/C13H19FN2O2/c1-9(2)16(8-10(3)17)13(18)15-12-6-4-5-11(14)7-12/h4-7,9-10,17H,8H2,1-3H3,(H,15,18). The molecule has 1 aromatic rings. The van der Waals surface area contributed by atoms with Crippen molar-refractivity contribution in [3.8, 4) is 0 Å². The molecule has 4 nitrogen and oxygen atoms in total. The molecule has 0 aliphatic heterocycles. The van der Waals surface area contributed by atoms with Crippen LogP contribution in [-0.2, 0) is 0 Å². The van der Waals surface area contributed by atoms with Gasteiger partial charge in [-0.2, -0.15) is 0 Å². The zero-order valence-corrected chi connectivity index (χ0v) is 10.9. The molecule has 0 fully saturated rings. The molecule has 0 heterocycles. The molecule has 0 bridgehead atoms. The first-order valence-electron chi connectivity index (χ1n) is 5.91. The minimum atomic E-state index is -0.606. The fraction of sp³-hybridized carbons (Fsp3) is 0.462. The summed E-state index contributed by atoms with van der Waals surface area (Å²) in [5, 5.41) is 12.0. The molecule has 0 saturated carbocycles. The van der Waals surface area contributed by atoms with Crippen molar-refractivity contribution in [2.45, 2.75) is 32.9 Å². The number of carbonyl (C=O) groups is 1. The highest BCUT2D eigenvalue weighted by molar-refractivity contribution is 5.89. The van der Waals surface area contributed by atoms with Gasteiger partial charge in [-0.15, -0.1) is 0 Å². The van der Waals surface area contributed by atoms with E-state index in [0.29, 0.717) is 5.69 Å². The van der Waals surface area contributed by atoms with Crippen molar-refractivity contribution >= 4 is 11.7 Å². The minimum Gasteiger partial charge on any atom is -0.392 e. The number of carbonyl (C=O) groups excluding carboxylic acids is 1. The SMILES string of the molecule is CC(O)CN(C(=O)Nc1cccc(F)c1)C(C)C. The number of nitrogens with one attached hydrogen (secondary N) is 1. The Morgan fingerprint density at radius 1 is 1.44 bits per heavy atom. The lowest BCUT2D eigenvalue weighted by Crippen LogP contribution is -2.43. The maximum Gasteiger partial charge on any atom is 0.322 e. The fourth-order valence-electron chi connectivity index (χ4n) is 1.57. The van der Waals surface area contributed by atoms with Gasteiger partial charge in [0.15, 0.2) is 0 Å². The number of urea groups is 1. The van der Waals surface area contributed by atoms with Crippen LogP contribution in [0.5, 0.6) is 0 Å². The predicted molar refractivity (Wildman–Crippen MR) is 68.9 cm³/mol. The molecule has 0 aliphatic carbocycles. The van der Waals surface area contributed by atoms with Crippen LogP contribution >= 0.6 is 0 Å². The van der Waals surface area contributed by atoms with Gasteiger partial charge in [-0.1, -0.05) is 6.07 Å². The van der Waals surface area contributed by atoms with E-state index in [2.05, 4.69) is 5.32 Å².